The van der Waals surface area contributed by atoms with Crippen molar-refractivity contribution in [2.75, 3.05) is 0 Å². The Labute approximate surface area is 180 Å². The molecule has 0 amide bonds. The summed E-state index contributed by atoms with van der Waals surface area (Å²) in [4.78, 5) is 13.8. The van der Waals surface area contributed by atoms with Crippen molar-refractivity contribution < 1.29 is 9.90 Å². The first kappa shape index (κ1) is 19.7. The Balaban J connectivity index is 1.85. The number of aromatic hydroxyl groups is 1. The zero-order valence-electron chi connectivity index (χ0n) is 16.3. The van der Waals surface area contributed by atoms with Crippen molar-refractivity contribution >= 4 is 21.7 Å². The fourth-order valence-corrected chi connectivity index (χ4v) is 4.69. The van der Waals surface area contributed by atoms with Crippen molar-refractivity contribution in [2.45, 2.75) is 25.2 Å². The number of para-hydroxylation sites is 1. The first-order valence-corrected chi connectivity index (χ1v) is 10.6. The number of phenolic OH excluding ortho intramolecular Hbond substituents is 1. The summed E-state index contributed by atoms with van der Waals surface area (Å²) < 4.78 is 1.01. The third-order valence-electron chi connectivity index (χ3n) is 5.78. The minimum Gasteiger partial charge on any atom is -0.507 e. The average Bonchev–Trinajstić information content (AvgIpc) is 2.74. The highest BCUT2D eigenvalue weighted by atomic mass is 79.9. The molecular formula is C26H23BrO2. The van der Waals surface area contributed by atoms with Crippen LogP contribution in [-0.2, 0) is 0 Å². The van der Waals surface area contributed by atoms with Crippen LogP contribution in [0.15, 0.2) is 95.0 Å². The van der Waals surface area contributed by atoms with Crippen LogP contribution in [0.3, 0.4) is 0 Å². The lowest BCUT2D eigenvalue weighted by atomic mass is 9.66. The van der Waals surface area contributed by atoms with Gasteiger partial charge in [0.05, 0.1) is 5.56 Å². The maximum atomic E-state index is 13.8. The summed E-state index contributed by atoms with van der Waals surface area (Å²) in [5.41, 5.74) is 3.96. The van der Waals surface area contributed by atoms with Gasteiger partial charge in [0.15, 0.2) is 5.78 Å². The first-order chi connectivity index (χ1) is 14.0. The summed E-state index contributed by atoms with van der Waals surface area (Å²) in [5, 5.41) is 10.4. The zero-order valence-corrected chi connectivity index (χ0v) is 17.8. The summed E-state index contributed by atoms with van der Waals surface area (Å²) in [6.45, 7) is 2.14. The third-order valence-corrected chi connectivity index (χ3v) is 6.31. The molecule has 1 aliphatic rings. The SMILES string of the molecule is CC1=C[C@H](c2ccc(Br)cc2)C(C(=O)c2ccccc2O)[C@H](c2ccccc2)C1. The lowest BCUT2D eigenvalue weighted by Crippen LogP contribution is -2.31. The minimum absolute atomic E-state index is 0.00591. The van der Waals surface area contributed by atoms with Crippen LogP contribution >= 0.6 is 15.9 Å². The summed E-state index contributed by atoms with van der Waals surface area (Å²) in [5.74, 6) is -0.231. The van der Waals surface area contributed by atoms with Gasteiger partial charge in [0.1, 0.15) is 5.75 Å². The highest BCUT2D eigenvalue weighted by Gasteiger charge is 2.40. The quantitative estimate of drug-likeness (QED) is 0.350. The van der Waals surface area contributed by atoms with E-state index in [9.17, 15) is 9.90 Å². The second kappa shape index (κ2) is 8.38. The van der Waals surface area contributed by atoms with E-state index >= 15 is 0 Å². The van der Waals surface area contributed by atoms with Crippen molar-refractivity contribution in [3.8, 4) is 5.75 Å². The van der Waals surface area contributed by atoms with E-state index < -0.39 is 0 Å². The van der Waals surface area contributed by atoms with E-state index in [0.29, 0.717) is 5.56 Å². The van der Waals surface area contributed by atoms with Crippen LogP contribution in [0.25, 0.3) is 0 Å². The number of carbonyl (C=O) groups excluding carboxylic acids is 1. The summed E-state index contributed by atoms with van der Waals surface area (Å²) in [6.07, 6.45) is 3.06. The molecule has 0 bridgehead atoms. The molecule has 3 aromatic rings. The molecule has 1 unspecified atom stereocenters. The van der Waals surface area contributed by atoms with Gasteiger partial charge in [0.25, 0.3) is 0 Å². The van der Waals surface area contributed by atoms with Gasteiger partial charge >= 0.3 is 0 Å². The molecule has 0 radical (unpaired) electrons. The van der Waals surface area contributed by atoms with E-state index in [4.69, 9.17) is 0 Å². The molecule has 0 aromatic heterocycles. The van der Waals surface area contributed by atoms with Crippen LogP contribution in [0.5, 0.6) is 5.75 Å². The van der Waals surface area contributed by atoms with Crippen molar-refractivity contribution in [3.63, 3.8) is 0 Å². The second-order valence-corrected chi connectivity index (χ2v) is 8.63. The molecule has 1 aliphatic carbocycles. The molecule has 0 spiro atoms. The van der Waals surface area contributed by atoms with Gasteiger partial charge in [-0.05, 0) is 54.7 Å². The molecule has 3 atom stereocenters. The van der Waals surface area contributed by atoms with Crippen LogP contribution in [0.1, 0.15) is 46.7 Å². The Hall–Kier alpha value is -2.65. The topological polar surface area (TPSA) is 37.3 Å². The second-order valence-electron chi connectivity index (χ2n) is 7.72. The molecule has 0 aliphatic heterocycles. The number of hydrogen-bond donors (Lipinski definition) is 1. The Morgan fingerprint density at radius 2 is 1.55 bits per heavy atom. The number of Topliss-reactive ketones (excluding diaryl/α,β-unsaturated/α-hetero) is 1. The number of carbonyl (C=O) groups is 1. The van der Waals surface area contributed by atoms with Gasteiger partial charge in [-0.1, -0.05) is 82.2 Å². The number of halogens is 1. The fourth-order valence-electron chi connectivity index (χ4n) is 4.42. The molecule has 0 saturated heterocycles. The van der Waals surface area contributed by atoms with E-state index in [2.05, 4.69) is 53.2 Å². The molecule has 0 heterocycles. The molecule has 1 N–H and O–H groups in total. The van der Waals surface area contributed by atoms with Gasteiger partial charge < -0.3 is 5.11 Å². The maximum absolute atomic E-state index is 13.8. The van der Waals surface area contributed by atoms with Crippen molar-refractivity contribution in [1.29, 1.82) is 0 Å². The molecule has 146 valence electrons. The Morgan fingerprint density at radius 3 is 2.24 bits per heavy atom. The fraction of sp³-hybridized carbons (Fsp3) is 0.192. The summed E-state index contributed by atoms with van der Waals surface area (Å²) >= 11 is 3.50. The third kappa shape index (κ3) is 4.06. The molecular weight excluding hydrogens is 424 g/mol. The van der Waals surface area contributed by atoms with Crippen LogP contribution in [0.4, 0.5) is 0 Å². The number of hydrogen-bond acceptors (Lipinski definition) is 2. The average molecular weight is 447 g/mol. The van der Waals surface area contributed by atoms with Gasteiger partial charge in [-0.2, -0.15) is 0 Å². The van der Waals surface area contributed by atoms with Crippen molar-refractivity contribution in [1.82, 2.24) is 0 Å². The lowest BCUT2D eigenvalue weighted by molar-refractivity contribution is 0.0878. The van der Waals surface area contributed by atoms with E-state index in [1.165, 1.54) is 5.57 Å². The molecule has 3 aromatic carbocycles. The van der Waals surface area contributed by atoms with Gasteiger partial charge in [0.2, 0.25) is 0 Å². The number of benzene rings is 3. The van der Waals surface area contributed by atoms with Crippen molar-refractivity contribution in [2.24, 2.45) is 5.92 Å². The number of phenols is 1. The molecule has 0 fully saturated rings. The number of ketones is 1. The number of allylic oxidation sites excluding steroid dienone is 2. The smallest absolute Gasteiger partial charge is 0.171 e. The van der Waals surface area contributed by atoms with Gasteiger partial charge in [-0.3, -0.25) is 4.79 Å². The lowest BCUT2D eigenvalue weighted by Gasteiger charge is -2.36. The van der Waals surface area contributed by atoms with Crippen LogP contribution in [0.2, 0.25) is 0 Å². The van der Waals surface area contributed by atoms with Crippen LogP contribution in [-0.4, -0.2) is 10.9 Å². The predicted molar refractivity (Wildman–Crippen MR) is 120 cm³/mol. The van der Waals surface area contributed by atoms with Crippen molar-refractivity contribution in [3.05, 3.63) is 112 Å². The standard InChI is InChI=1S/C26H23BrO2/c1-17-15-22(18-7-3-2-4-8-18)25(26(29)21-9-5-6-10-24(21)28)23(16-17)19-11-13-20(27)14-12-19/h2-14,16,22-23,25,28H,15H2,1H3/t22-,23+,25?/m0/s1. The summed E-state index contributed by atoms with van der Waals surface area (Å²) in [7, 11) is 0. The van der Waals surface area contributed by atoms with Gasteiger partial charge in [0, 0.05) is 16.3 Å². The van der Waals surface area contributed by atoms with E-state index in [1.54, 1.807) is 18.2 Å². The normalized spacial score (nSPS) is 21.4. The van der Waals surface area contributed by atoms with E-state index in [-0.39, 0.29) is 29.3 Å². The Morgan fingerprint density at radius 1 is 0.897 bits per heavy atom. The molecule has 2 nitrogen and oxygen atoms in total. The molecule has 4 rings (SSSR count). The van der Waals surface area contributed by atoms with Crippen LogP contribution < -0.4 is 0 Å². The molecule has 0 saturated carbocycles. The highest BCUT2D eigenvalue weighted by molar-refractivity contribution is 9.10. The predicted octanol–water partition coefficient (Wildman–Crippen LogP) is 6.87. The van der Waals surface area contributed by atoms with Crippen LogP contribution in [0, 0.1) is 5.92 Å². The first-order valence-electron chi connectivity index (χ1n) is 9.84. The molecule has 29 heavy (non-hydrogen) atoms. The maximum Gasteiger partial charge on any atom is 0.171 e. The highest BCUT2D eigenvalue weighted by Crippen LogP contribution is 2.47. The molecule has 3 heteroatoms. The summed E-state index contributed by atoms with van der Waals surface area (Å²) in [6, 6.07) is 25.3. The van der Waals surface area contributed by atoms with Gasteiger partial charge in [-0.15, -0.1) is 0 Å². The largest absolute Gasteiger partial charge is 0.507 e. The van der Waals surface area contributed by atoms with E-state index in [0.717, 1.165) is 22.0 Å². The monoisotopic (exact) mass is 446 g/mol. The minimum atomic E-state index is -0.282. The number of rotatable bonds is 4. The van der Waals surface area contributed by atoms with Gasteiger partial charge in [-0.25, -0.2) is 0 Å². The van der Waals surface area contributed by atoms with E-state index in [1.807, 2.05) is 36.4 Å². The Bertz CT molecular complexity index is 1040. The Kier molecular flexibility index (Phi) is 5.68. The zero-order chi connectivity index (χ0) is 20.4.